The van der Waals surface area contributed by atoms with Gasteiger partial charge in [0.1, 0.15) is 16.2 Å². The van der Waals surface area contributed by atoms with Crippen LogP contribution in [-0.2, 0) is 20.5 Å². The Labute approximate surface area is 145 Å². The fraction of sp³-hybridized carbons (Fsp3) is 0.647. The van der Waals surface area contributed by atoms with Crippen LogP contribution in [0, 0.1) is 0 Å². The third-order valence-corrected chi connectivity index (χ3v) is 5.97. The fourth-order valence-corrected chi connectivity index (χ4v) is 4.51. The lowest BCUT2D eigenvalue weighted by molar-refractivity contribution is 0.690. The van der Waals surface area contributed by atoms with Crippen molar-refractivity contribution in [1.82, 2.24) is 19.1 Å². The first-order chi connectivity index (χ1) is 11.5. The Balaban J connectivity index is 2.21. The fourth-order valence-electron chi connectivity index (χ4n) is 3.17. The van der Waals surface area contributed by atoms with E-state index in [4.69, 9.17) is 4.98 Å². The van der Waals surface area contributed by atoms with Gasteiger partial charge in [-0.1, -0.05) is 26.2 Å². The van der Waals surface area contributed by atoms with E-state index in [-0.39, 0.29) is 11.2 Å². The Morgan fingerprint density at radius 2 is 1.83 bits per heavy atom. The quantitative estimate of drug-likeness (QED) is 0.776. The second kappa shape index (κ2) is 7.09. The molecule has 130 valence electrons. The predicted molar refractivity (Wildman–Crippen MR) is 96.7 cm³/mol. The maximum absolute atomic E-state index is 12.7. The van der Waals surface area contributed by atoms with E-state index in [0.29, 0.717) is 16.3 Å². The van der Waals surface area contributed by atoms with Crippen molar-refractivity contribution in [3.8, 4) is 0 Å². The molecule has 3 rings (SSSR count). The van der Waals surface area contributed by atoms with Crippen LogP contribution in [0.15, 0.2) is 14.6 Å². The molecule has 0 radical (unpaired) electrons. The second-order valence-electron chi connectivity index (χ2n) is 6.48. The van der Waals surface area contributed by atoms with Crippen LogP contribution in [0.2, 0.25) is 0 Å². The van der Waals surface area contributed by atoms with Crippen molar-refractivity contribution in [2.45, 2.75) is 62.1 Å². The summed E-state index contributed by atoms with van der Waals surface area (Å²) in [6, 6.07) is 0. The van der Waals surface area contributed by atoms with E-state index in [2.05, 4.69) is 11.9 Å². The predicted octanol–water partition coefficient (Wildman–Crippen LogP) is 2.40. The normalized spacial score (nSPS) is 15.5. The van der Waals surface area contributed by atoms with Crippen LogP contribution in [0.3, 0.4) is 0 Å². The van der Waals surface area contributed by atoms with Crippen molar-refractivity contribution >= 4 is 22.8 Å². The smallest absolute Gasteiger partial charge is 0.280 e. The lowest BCUT2D eigenvalue weighted by Gasteiger charge is -2.14. The summed E-state index contributed by atoms with van der Waals surface area (Å²) < 4.78 is 2.61. The van der Waals surface area contributed by atoms with Gasteiger partial charge in [-0.05, 0) is 19.3 Å². The molecule has 0 unspecified atom stereocenters. The molecule has 0 bridgehead atoms. The molecular formula is C17H24N4O2S. The van der Waals surface area contributed by atoms with Crippen LogP contribution < -0.4 is 11.2 Å². The lowest BCUT2D eigenvalue weighted by atomic mass is 10.2. The third-order valence-electron chi connectivity index (χ3n) is 4.65. The molecule has 0 saturated heterocycles. The van der Waals surface area contributed by atoms with E-state index < -0.39 is 0 Å². The van der Waals surface area contributed by atoms with Gasteiger partial charge in [-0.25, -0.2) is 14.8 Å². The van der Waals surface area contributed by atoms with Crippen LogP contribution in [0.4, 0.5) is 0 Å². The lowest BCUT2D eigenvalue weighted by Crippen LogP contribution is -2.38. The maximum atomic E-state index is 12.7. The first-order valence-electron chi connectivity index (χ1n) is 8.66. The Kier molecular flexibility index (Phi) is 5.08. The van der Waals surface area contributed by atoms with E-state index in [1.807, 2.05) is 0 Å². The maximum Gasteiger partial charge on any atom is 0.332 e. The molecule has 2 aromatic heterocycles. The molecule has 7 heteroatoms. The Morgan fingerprint density at radius 3 is 2.50 bits per heavy atom. The highest BCUT2D eigenvalue weighted by Gasteiger charge is 2.22. The average Bonchev–Trinajstić information content (AvgIpc) is 3.08. The molecule has 0 N–H and O–H groups in total. The molecule has 0 amide bonds. The van der Waals surface area contributed by atoms with Gasteiger partial charge < -0.3 is 0 Å². The van der Waals surface area contributed by atoms with E-state index >= 15 is 0 Å². The van der Waals surface area contributed by atoms with Crippen LogP contribution in [0.5, 0.6) is 0 Å². The number of aromatic nitrogens is 4. The number of hydrogen-bond donors (Lipinski definition) is 0. The summed E-state index contributed by atoms with van der Waals surface area (Å²) in [5.41, 5.74) is -0.176. The number of rotatable bonds is 5. The molecule has 1 aliphatic rings. The van der Waals surface area contributed by atoms with Crippen molar-refractivity contribution in [1.29, 1.82) is 0 Å². The minimum absolute atomic E-state index is 0.296. The Bertz CT molecular complexity index is 865. The van der Waals surface area contributed by atoms with Gasteiger partial charge in [0, 0.05) is 25.8 Å². The molecule has 0 atom stereocenters. The largest absolute Gasteiger partial charge is 0.332 e. The molecule has 0 aromatic carbocycles. The number of aryl methyl sites for hydroxylation is 2. The van der Waals surface area contributed by atoms with E-state index in [1.54, 1.807) is 18.8 Å². The number of hydrogen-bond acceptors (Lipinski definition) is 5. The molecular weight excluding hydrogens is 324 g/mol. The van der Waals surface area contributed by atoms with Gasteiger partial charge in [0.05, 0.1) is 0 Å². The van der Waals surface area contributed by atoms with Crippen molar-refractivity contribution in [2.24, 2.45) is 14.1 Å². The average molecular weight is 348 g/mol. The zero-order chi connectivity index (χ0) is 17.3. The molecule has 0 aliphatic heterocycles. The minimum Gasteiger partial charge on any atom is -0.280 e. The summed E-state index contributed by atoms with van der Waals surface area (Å²) in [5, 5.41) is 1.73. The third kappa shape index (κ3) is 3.14. The van der Waals surface area contributed by atoms with Crippen molar-refractivity contribution in [3.63, 3.8) is 0 Å². The molecule has 1 saturated carbocycles. The van der Waals surface area contributed by atoms with Gasteiger partial charge in [0.15, 0.2) is 5.65 Å². The van der Waals surface area contributed by atoms with Gasteiger partial charge in [-0.2, -0.15) is 0 Å². The molecule has 24 heavy (non-hydrogen) atoms. The molecule has 2 aromatic rings. The Morgan fingerprint density at radius 1 is 1.12 bits per heavy atom. The summed E-state index contributed by atoms with van der Waals surface area (Å²) >= 11 is 1.69. The first-order valence-corrected chi connectivity index (χ1v) is 9.54. The number of nitrogens with zero attached hydrogens (tertiary/aromatic N) is 4. The monoisotopic (exact) mass is 348 g/mol. The number of unbranched alkanes of at least 4 members (excludes halogenated alkanes) is 1. The molecule has 1 fully saturated rings. The van der Waals surface area contributed by atoms with Gasteiger partial charge in [-0.3, -0.25) is 13.9 Å². The highest BCUT2D eigenvalue weighted by Crippen LogP contribution is 2.35. The Hall–Kier alpha value is -1.63. The number of thioether (sulfide) groups is 1. The van der Waals surface area contributed by atoms with Gasteiger partial charge >= 0.3 is 5.69 Å². The van der Waals surface area contributed by atoms with Crippen LogP contribution in [0.1, 0.15) is 51.3 Å². The van der Waals surface area contributed by atoms with Crippen molar-refractivity contribution < 1.29 is 0 Å². The first kappa shape index (κ1) is 17.2. The molecule has 2 heterocycles. The van der Waals surface area contributed by atoms with Crippen molar-refractivity contribution in [3.05, 3.63) is 26.7 Å². The summed E-state index contributed by atoms with van der Waals surface area (Å²) in [6.07, 6.45) is 7.62. The topological polar surface area (TPSA) is 69.8 Å². The minimum atomic E-state index is -0.343. The summed E-state index contributed by atoms with van der Waals surface area (Å²) in [7, 11) is 3.18. The second-order valence-corrected chi connectivity index (χ2v) is 7.77. The summed E-state index contributed by atoms with van der Waals surface area (Å²) in [6.45, 7) is 2.13. The summed E-state index contributed by atoms with van der Waals surface area (Å²) in [5.74, 6) is 0.730. The zero-order valence-corrected chi connectivity index (χ0v) is 15.4. The van der Waals surface area contributed by atoms with Gasteiger partial charge in [0.25, 0.3) is 5.56 Å². The van der Waals surface area contributed by atoms with Crippen LogP contribution in [0.25, 0.3) is 11.0 Å². The molecule has 0 spiro atoms. The van der Waals surface area contributed by atoms with Crippen LogP contribution >= 0.6 is 11.8 Å². The standard InChI is InChI=1S/C17H24N4O2S/c1-4-5-10-12-18-14-13(16(22)21(3)17(23)20(14)2)15(19-12)24-11-8-6-7-9-11/h11H,4-10H2,1-3H3. The SMILES string of the molecule is CCCCc1nc(SC2CCCC2)c2c(=O)n(C)c(=O)n(C)c2n1. The zero-order valence-electron chi connectivity index (χ0n) is 14.5. The summed E-state index contributed by atoms with van der Waals surface area (Å²) in [4.78, 5) is 34.2. The molecule has 6 nitrogen and oxygen atoms in total. The van der Waals surface area contributed by atoms with Crippen LogP contribution in [-0.4, -0.2) is 24.4 Å². The van der Waals surface area contributed by atoms with Gasteiger partial charge in [0.2, 0.25) is 0 Å². The number of fused-ring (bicyclic) bond motifs is 1. The molecule has 1 aliphatic carbocycles. The van der Waals surface area contributed by atoms with E-state index in [9.17, 15) is 9.59 Å². The van der Waals surface area contributed by atoms with E-state index in [0.717, 1.165) is 47.5 Å². The van der Waals surface area contributed by atoms with E-state index in [1.165, 1.54) is 24.5 Å². The highest BCUT2D eigenvalue weighted by atomic mass is 32.2. The highest BCUT2D eigenvalue weighted by molar-refractivity contribution is 8.00. The van der Waals surface area contributed by atoms with Gasteiger partial charge in [-0.15, -0.1) is 11.8 Å². The van der Waals surface area contributed by atoms with Crippen molar-refractivity contribution in [2.75, 3.05) is 0 Å².